The van der Waals surface area contributed by atoms with E-state index < -0.39 is 24.3 Å². The summed E-state index contributed by atoms with van der Waals surface area (Å²) < 4.78 is 9.58. The first-order valence-corrected chi connectivity index (χ1v) is 20.6. The van der Waals surface area contributed by atoms with Gasteiger partial charge in [-0.25, -0.2) is 19.6 Å². The number of amides is 4. The quantitative estimate of drug-likeness (QED) is 0.120. The Hall–Kier alpha value is -5.08. The van der Waals surface area contributed by atoms with E-state index in [1.54, 1.807) is 0 Å². The van der Waals surface area contributed by atoms with Gasteiger partial charge in [0.1, 0.15) is 23.7 Å². The number of hydrogen-bond acceptors (Lipinski definition) is 8. The molecule has 2 aromatic carbocycles. The van der Waals surface area contributed by atoms with Crippen LogP contribution in [0.3, 0.4) is 0 Å². The van der Waals surface area contributed by atoms with Crippen molar-refractivity contribution >= 4 is 47.2 Å². The lowest BCUT2D eigenvalue weighted by Gasteiger charge is -2.31. The van der Waals surface area contributed by atoms with Crippen molar-refractivity contribution in [3.8, 4) is 33.6 Å². The van der Waals surface area contributed by atoms with Crippen LogP contribution in [0.25, 0.3) is 33.6 Å². The van der Waals surface area contributed by atoms with Crippen molar-refractivity contribution in [2.24, 2.45) is 23.7 Å². The molecule has 0 radical (unpaired) electrons. The second kappa shape index (κ2) is 15.6. The Balaban J connectivity index is 0.962. The largest absolute Gasteiger partial charge is 0.453 e. The number of ether oxygens (including phenoxy) is 2. The number of imidazole rings is 2. The number of benzene rings is 2. The van der Waals surface area contributed by atoms with Crippen LogP contribution < -0.4 is 10.6 Å². The van der Waals surface area contributed by atoms with Gasteiger partial charge in [-0.2, -0.15) is 0 Å². The van der Waals surface area contributed by atoms with Gasteiger partial charge in [0.25, 0.3) is 0 Å². The van der Waals surface area contributed by atoms with Crippen LogP contribution in [0.4, 0.5) is 9.59 Å². The highest BCUT2D eigenvalue weighted by molar-refractivity contribution is 6.32. The lowest BCUT2D eigenvalue weighted by atomic mass is 10.0. The van der Waals surface area contributed by atoms with Crippen LogP contribution >= 0.6 is 23.2 Å². The molecular formula is C42H48Cl2N8O6. The molecule has 306 valence electrons. The summed E-state index contributed by atoms with van der Waals surface area (Å²) in [5, 5.41) is 6.08. The zero-order valence-corrected chi connectivity index (χ0v) is 34.7. The van der Waals surface area contributed by atoms with Crippen molar-refractivity contribution in [3.63, 3.8) is 0 Å². The first-order chi connectivity index (χ1) is 27.8. The first-order valence-electron chi connectivity index (χ1n) is 19.8. The van der Waals surface area contributed by atoms with Crippen molar-refractivity contribution in [2.75, 3.05) is 14.2 Å². The van der Waals surface area contributed by atoms with E-state index in [4.69, 9.17) is 32.7 Å². The van der Waals surface area contributed by atoms with E-state index in [2.05, 4.69) is 30.6 Å². The van der Waals surface area contributed by atoms with E-state index in [1.165, 1.54) is 14.2 Å². The minimum atomic E-state index is -0.720. The van der Waals surface area contributed by atoms with Crippen LogP contribution in [-0.4, -0.2) is 92.1 Å². The highest BCUT2D eigenvalue weighted by Crippen LogP contribution is 2.55. The number of H-pyrrole nitrogens is 2. The highest BCUT2D eigenvalue weighted by atomic mass is 35.5. The van der Waals surface area contributed by atoms with E-state index in [1.807, 2.05) is 86.0 Å². The summed E-state index contributed by atoms with van der Waals surface area (Å²) >= 11 is 13.5. The standard InChI is InChI=1S/C42H48Cl2N8O6/c1-19(2)31(47-41(55)57-5)39(53)51-27-15-25(27)17-29(51)37-45-33(35(43)49-37)23-11-7-21(8-12-23)22-9-13-24(14-10-22)34-36(44)50-38(46-34)30-18-26-16-28(26)52(30)40(54)32(20(3)4)48-42(56)58-6/h7-14,19-20,25-32H,15-18H2,1-6H3,(H,45,49)(H,46,50)(H,47,55)(H,48,56)/t25-,26-,27-,28-,29+,30+,31+,32+/m1/s1. The molecule has 2 aromatic heterocycles. The zero-order valence-electron chi connectivity index (χ0n) is 33.2. The van der Waals surface area contributed by atoms with Crippen LogP contribution in [0.1, 0.15) is 77.1 Å². The molecule has 4 heterocycles. The number of halogens is 2. The molecule has 16 heteroatoms. The molecule has 2 aliphatic carbocycles. The number of fused-ring (bicyclic) bond motifs is 2. The average molecular weight is 832 g/mol. The van der Waals surface area contributed by atoms with Gasteiger partial charge in [0.05, 0.1) is 37.7 Å². The van der Waals surface area contributed by atoms with E-state index in [0.29, 0.717) is 45.2 Å². The van der Waals surface area contributed by atoms with Crippen molar-refractivity contribution in [3.05, 3.63) is 70.5 Å². The number of nitrogens with zero attached hydrogens (tertiary/aromatic N) is 4. The molecule has 4 N–H and O–H groups in total. The third kappa shape index (κ3) is 7.40. The van der Waals surface area contributed by atoms with Gasteiger partial charge < -0.3 is 39.9 Å². The number of aromatic nitrogens is 4. The molecule has 4 fully saturated rings. The SMILES string of the molecule is COC(=O)N[C@H](C(=O)N1[C@@H]2C[C@@H]2C[C@H]1c1nc(Cl)c(-c2ccc(-c3ccc(-c4[nH]c([C@@H]5C[C@H]6C[C@H]6N5C(=O)[C@@H](NC(=O)OC)C(C)C)nc4Cl)cc3)cc2)[nH]1)C(C)C. The molecule has 2 aliphatic heterocycles. The fourth-order valence-electron chi connectivity index (χ4n) is 8.85. The summed E-state index contributed by atoms with van der Waals surface area (Å²) in [6.07, 6.45) is 2.14. The number of aromatic amines is 2. The maximum atomic E-state index is 13.8. The molecule has 2 saturated heterocycles. The maximum Gasteiger partial charge on any atom is 0.407 e. The Kier molecular flexibility index (Phi) is 10.7. The van der Waals surface area contributed by atoms with Gasteiger partial charge in [-0.05, 0) is 60.5 Å². The van der Waals surface area contributed by atoms with Gasteiger partial charge in [-0.3, -0.25) is 9.59 Å². The molecule has 2 saturated carbocycles. The molecule has 58 heavy (non-hydrogen) atoms. The Morgan fingerprint density at radius 2 is 0.966 bits per heavy atom. The Labute approximate surface area is 346 Å². The van der Waals surface area contributed by atoms with E-state index >= 15 is 0 Å². The molecule has 8 rings (SSSR count). The number of rotatable bonds is 11. The van der Waals surface area contributed by atoms with E-state index in [9.17, 15) is 19.2 Å². The van der Waals surface area contributed by atoms with E-state index in [-0.39, 0.29) is 47.8 Å². The summed E-state index contributed by atoms with van der Waals surface area (Å²) in [6, 6.07) is 14.2. The lowest BCUT2D eigenvalue weighted by molar-refractivity contribution is -0.137. The second-order valence-corrected chi connectivity index (χ2v) is 17.3. The summed E-state index contributed by atoms with van der Waals surface area (Å²) in [5.74, 6) is 1.47. The molecule has 0 bridgehead atoms. The van der Waals surface area contributed by atoms with E-state index in [0.717, 1.165) is 47.9 Å². The minimum Gasteiger partial charge on any atom is -0.453 e. The molecule has 4 amide bonds. The smallest absolute Gasteiger partial charge is 0.407 e. The summed E-state index contributed by atoms with van der Waals surface area (Å²) in [4.78, 5) is 71.7. The number of carbonyl (C=O) groups excluding carboxylic acids is 4. The zero-order chi connectivity index (χ0) is 41.2. The summed E-state index contributed by atoms with van der Waals surface area (Å²) in [5.41, 5.74) is 5.03. The van der Waals surface area contributed by atoms with Crippen LogP contribution in [0.15, 0.2) is 48.5 Å². The first kappa shape index (κ1) is 39.7. The highest BCUT2D eigenvalue weighted by Gasteiger charge is 2.57. The number of carbonyl (C=O) groups is 4. The van der Waals surface area contributed by atoms with Gasteiger partial charge in [0.15, 0.2) is 10.3 Å². The van der Waals surface area contributed by atoms with Crippen molar-refractivity contribution < 1.29 is 28.7 Å². The number of hydrogen-bond donors (Lipinski definition) is 4. The molecule has 0 spiro atoms. The number of alkyl carbamates (subject to hydrolysis) is 2. The number of piperidine rings is 2. The Morgan fingerprint density at radius 1 is 0.621 bits per heavy atom. The van der Waals surface area contributed by atoms with Crippen LogP contribution in [0.5, 0.6) is 0 Å². The normalized spacial score (nSPS) is 24.0. The Morgan fingerprint density at radius 3 is 1.29 bits per heavy atom. The van der Waals surface area contributed by atoms with Crippen molar-refractivity contribution in [1.29, 1.82) is 0 Å². The summed E-state index contributed by atoms with van der Waals surface area (Å²) in [7, 11) is 2.57. The minimum absolute atomic E-state index is 0.113. The molecule has 4 aliphatic rings. The van der Waals surface area contributed by atoms with Gasteiger partial charge in [-0.15, -0.1) is 0 Å². The molecule has 4 aromatic rings. The fourth-order valence-corrected chi connectivity index (χ4v) is 9.35. The third-order valence-electron chi connectivity index (χ3n) is 12.2. The van der Waals surface area contributed by atoms with Crippen LogP contribution in [0, 0.1) is 23.7 Å². The predicted molar refractivity (Wildman–Crippen MR) is 218 cm³/mol. The molecular weight excluding hydrogens is 783 g/mol. The van der Waals surface area contributed by atoms with Crippen LogP contribution in [0.2, 0.25) is 10.3 Å². The Bertz CT molecular complexity index is 2070. The number of methoxy groups -OCH3 is 2. The van der Waals surface area contributed by atoms with Crippen molar-refractivity contribution in [2.45, 2.75) is 89.6 Å². The molecule has 0 unspecified atom stereocenters. The van der Waals surface area contributed by atoms with Gasteiger partial charge >= 0.3 is 12.2 Å². The predicted octanol–water partition coefficient (Wildman–Crippen LogP) is 7.53. The number of nitrogens with one attached hydrogen (secondary N) is 4. The van der Waals surface area contributed by atoms with Gasteiger partial charge in [0.2, 0.25) is 11.8 Å². The molecule has 14 nitrogen and oxygen atoms in total. The second-order valence-electron chi connectivity index (χ2n) is 16.6. The summed E-state index contributed by atoms with van der Waals surface area (Å²) in [6.45, 7) is 7.59. The maximum absolute atomic E-state index is 13.8. The van der Waals surface area contributed by atoms with Crippen LogP contribution in [-0.2, 0) is 19.1 Å². The topological polar surface area (TPSA) is 175 Å². The third-order valence-corrected chi connectivity index (χ3v) is 12.7. The monoisotopic (exact) mass is 830 g/mol. The van der Waals surface area contributed by atoms with Gasteiger partial charge in [0, 0.05) is 23.2 Å². The average Bonchev–Trinajstić information content (AvgIpc) is 3.92. The fraction of sp³-hybridized carbons (Fsp3) is 0.476. The van der Waals surface area contributed by atoms with Gasteiger partial charge in [-0.1, -0.05) is 99.4 Å². The molecule has 8 atom stereocenters. The lowest BCUT2D eigenvalue weighted by Crippen LogP contribution is -2.52. The number of likely N-dealkylation sites (tertiary alicyclic amines) is 2. The van der Waals surface area contributed by atoms with Crippen molar-refractivity contribution in [1.82, 2.24) is 40.4 Å².